The number of halogens is 2. The highest BCUT2D eigenvalue weighted by molar-refractivity contribution is 14.0. The molecule has 27 heavy (non-hydrogen) atoms. The summed E-state index contributed by atoms with van der Waals surface area (Å²) in [5, 5.41) is 3.07. The van der Waals surface area contributed by atoms with Gasteiger partial charge in [0.25, 0.3) is 0 Å². The molecule has 0 aliphatic heterocycles. The summed E-state index contributed by atoms with van der Waals surface area (Å²) in [6.07, 6.45) is 2.07. The minimum Gasteiger partial charge on any atom is -0.493 e. The van der Waals surface area contributed by atoms with E-state index in [1.54, 1.807) is 14.2 Å². The molecule has 0 unspecified atom stereocenters. The maximum atomic E-state index is 5.95. The Morgan fingerprint density at radius 3 is 2.56 bits per heavy atom. The van der Waals surface area contributed by atoms with Gasteiger partial charge < -0.3 is 20.5 Å². The van der Waals surface area contributed by atoms with Gasteiger partial charge in [-0.05, 0) is 58.8 Å². The molecule has 148 valence electrons. The van der Waals surface area contributed by atoms with Crippen LogP contribution in [0.1, 0.15) is 12.8 Å². The van der Waals surface area contributed by atoms with Crippen molar-refractivity contribution in [1.29, 1.82) is 0 Å². The first-order chi connectivity index (χ1) is 12.6. The lowest BCUT2D eigenvalue weighted by Crippen LogP contribution is -2.22. The Morgan fingerprint density at radius 1 is 1.11 bits per heavy atom. The van der Waals surface area contributed by atoms with E-state index in [0.717, 1.165) is 28.8 Å². The van der Waals surface area contributed by atoms with E-state index in [9.17, 15) is 0 Å². The van der Waals surface area contributed by atoms with Crippen molar-refractivity contribution >= 4 is 63.3 Å². The van der Waals surface area contributed by atoms with Crippen LogP contribution in [0.3, 0.4) is 0 Å². The molecule has 0 aliphatic rings. The van der Waals surface area contributed by atoms with E-state index in [1.807, 2.05) is 36.0 Å². The summed E-state index contributed by atoms with van der Waals surface area (Å²) in [4.78, 5) is 5.64. The minimum absolute atomic E-state index is 0. The van der Waals surface area contributed by atoms with Crippen molar-refractivity contribution in [2.24, 2.45) is 10.7 Å². The third kappa shape index (κ3) is 8.18. The third-order valence-corrected chi connectivity index (χ3v) is 5.70. The number of guanidine groups is 1. The van der Waals surface area contributed by atoms with Crippen LogP contribution in [0.15, 0.2) is 56.8 Å². The van der Waals surface area contributed by atoms with Crippen molar-refractivity contribution in [3.63, 3.8) is 0 Å². The molecule has 0 bridgehead atoms. The summed E-state index contributed by atoms with van der Waals surface area (Å²) in [6.45, 7) is 0.697. The Hall–Kier alpha value is -1.13. The van der Waals surface area contributed by atoms with Gasteiger partial charge in [-0.1, -0.05) is 12.1 Å². The fraction of sp³-hybridized carbons (Fsp3) is 0.316. The lowest BCUT2D eigenvalue weighted by Gasteiger charge is -2.11. The summed E-state index contributed by atoms with van der Waals surface area (Å²) in [7, 11) is 3.21. The van der Waals surface area contributed by atoms with Crippen LogP contribution in [0.25, 0.3) is 0 Å². The molecule has 8 heteroatoms. The number of methoxy groups -OCH3 is 2. The zero-order valence-electron chi connectivity index (χ0n) is 15.4. The highest BCUT2D eigenvalue weighted by atomic mass is 127. The van der Waals surface area contributed by atoms with Crippen LogP contribution >= 0.6 is 51.7 Å². The summed E-state index contributed by atoms with van der Waals surface area (Å²) >= 11 is 5.41. The molecule has 0 spiro atoms. The van der Waals surface area contributed by atoms with Gasteiger partial charge in [0.2, 0.25) is 0 Å². The number of unbranched alkanes of at least 4 members (excludes halogenated alkanes) is 1. The lowest BCUT2D eigenvalue weighted by molar-refractivity contribution is 0.355. The van der Waals surface area contributed by atoms with Gasteiger partial charge in [0.15, 0.2) is 17.5 Å². The number of benzene rings is 2. The number of thioether (sulfide) groups is 1. The van der Waals surface area contributed by atoms with Crippen molar-refractivity contribution in [2.75, 3.05) is 31.8 Å². The zero-order chi connectivity index (χ0) is 18.8. The Morgan fingerprint density at radius 2 is 1.85 bits per heavy atom. The van der Waals surface area contributed by atoms with Crippen LogP contribution in [0.2, 0.25) is 0 Å². The Labute approximate surface area is 190 Å². The molecule has 0 aromatic heterocycles. The van der Waals surface area contributed by atoms with Gasteiger partial charge >= 0.3 is 0 Å². The molecule has 2 aromatic rings. The van der Waals surface area contributed by atoms with E-state index in [4.69, 9.17) is 15.2 Å². The van der Waals surface area contributed by atoms with Gasteiger partial charge in [0.1, 0.15) is 0 Å². The zero-order valence-corrected chi connectivity index (χ0v) is 20.1. The molecule has 2 aromatic carbocycles. The van der Waals surface area contributed by atoms with E-state index in [2.05, 4.69) is 44.4 Å². The third-order valence-electron chi connectivity index (χ3n) is 3.58. The second-order valence-electron chi connectivity index (χ2n) is 5.45. The predicted molar refractivity (Wildman–Crippen MR) is 129 cm³/mol. The second kappa shape index (κ2) is 13.1. The van der Waals surface area contributed by atoms with Gasteiger partial charge in [0, 0.05) is 27.7 Å². The second-order valence-corrected chi connectivity index (χ2v) is 7.44. The molecule has 0 heterocycles. The summed E-state index contributed by atoms with van der Waals surface area (Å²) in [5.41, 5.74) is 6.76. The van der Waals surface area contributed by atoms with Gasteiger partial charge in [-0.15, -0.1) is 35.7 Å². The van der Waals surface area contributed by atoms with Gasteiger partial charge in [-0.25, -0.2) is 0 Å². The largest absolute Gasteiger partial charge is 0.493 e. The fourth-order valence-electron chi connectivity index (χ4n) is 2.26. The molecule has 0 radical (unpaired) electrons. The Kier molecular flexibility index (Phi) is 11.6. The average molecular weight is 566 g/mol. The average Bonchev–Trinajstić information content (AvgIpc) is 2.65. The highest BCUT2D eigenvalue weighted by Gasteiger charge is 2.05. The lowest BCUT2D eigenvalue weighted by atomic mass is 10.3. The molecule has 2 rings (SSSR count). The van der Waals surface area contributed by atoms with Crippen molar-refractivity contribution in [3.05, 3.63) is 46.9 Å². The van der Waals surface area contributed by atoms with Gasteiger partial charge in [-0.3, -0.25) is 4.99 Å². The molecule has 0 aliphatic carbocycles. The number of aliphatic imine (C=N–C) groups is 1. The molecule has 0 amide bonds. The first-order valence-electron chi connectivity index (χ1n) is 8.30. The normalized spacial score (nSPS) is 10.9. The van der Waals surface area contributed by atoms with Crippen molar-refractivity contribution in [1.82, 2.24) is 0 Å². The Balaban J connectivity index is 0.00000364. The number of hydrogen-bond donors (Lipinski definition) is 2. The number of rotatable bonds is 9. The fourth-order valence-corrected chi connectivity index (χ4v) is 3.84. The van der Waals surface area contributed by atoms with Crippen LogP contribution in [0, 0.1) is 0 Å². The smallest absolute Gasteiger partial charge is 0.193 e. The molecule has 0 saturated carbocycles. The van der Waals surface area contributed by atoms with Crippen molar-refractivity contribution in [3.8, 4) is 11.5 Å². The molecular weight excluding hydrogens is 541 g/mol. The number of nitrogens with one attached hydrogen (secondary N) is 1. The molecular formula is C19H25BrIN3O2S. The highest BCUT2D eigenvalue weighted by Crippen LogP contribution is 2.29. The number of nitrogens with two attached hydrogens (primary N) is 1. The van der Waals surface area contributed by atoms with Crippen LogP contribution in [0.5, 0.6) is 11.5 Å². The molecule has 3 N–H and O–H groups in total. The first-order valence-corrected chi connectivity index (χ1v) is 10.1. The van der Waals surface area contributed by atoms with E-state index >= 15 is 0 Å². The maximum absolute atomic E-state index is 5.95. The minimum atomic E-state index is 0. The number of ether oxygens (including phenoxy) is 2. The van der Waals surface area contributed by atoms with Gasteiger partial charge in [-0.2, -0.15) is 0 Å². The maximum Gasteiger partial charge on any atom is 0.193 e. The van der Waals surface area contributed by atoms with E-state index in [1.165, 1.54) is 4.90 Å². The molecule has 0 atom stereocenters. The molecule has 0 fully saturated rings. The number of anilines is 1. The molecule has 5 nitrogen and oxygen atoms in total. The van der Waals surface area contributed by atoms with E-state index in [0.29, 0.717) is 24.0 Å². The van der Waals surface area contributed by atoms with Crippen LogP contribution in [-0.4, -0.2) is 32.5 Å². The standard InChI is InChI=1S/C19H24BrN3O2S.HI/c1-24-16-10-9-14(13-17(16)25-2)23-19(21)22-11-5-6-12-26-18-8-4-3-7-15(18)20;/h3-4,7-10,13H,5-6,11-12H2,1-2H3,(H3,21,22,23);1H. The Bertz CT molecular complexity index is 747. The van der Waals surface area contributed by atoms with Gasteiger partial charge in [0.05, 0.1) is 14.2 Å². The van der Waals surface area contributed by atoms with Crippen molar-refractivity contribution < 1.29 is 9.47 Å². The van der Waals surface area contributed by atoms with Crippen molar-refractivity contribution in [2.45, 2.75) is 17.7 Å². The topological polar surface area (TPSA) is 68.9 Å². The van der Waals surface area contributed by atoms with Crippen LogP contribution < -0.4 is 20.5 Å². The van der Waals surface area contributed by atoms with E-state index in [-0.39, 0.29) is 24.0 Å². The monoisotopic (exact) mass is 565 g/mol. The number of hydrogen-bond acceptors (Lipinski definition) is 4. The summed E-state index contributed by atoms with van der Waals surface area (Å²) in [6, 6.07) is 13.8. The van der Waals surface area contributed by atoms with Crippen LogP contribution in [0.4, 0.5) is 5.69 Å². The first kappa shape index (κ1) is 23.9. The predicted octanol–water partition coefficient (Wildman–Crippen LogP) is 5.38. The van der Waals surface area contributed by atoms with Crippen LogP contribution in [-0.2, 0) is 0 Å². The summed E-state index contributed by atoms with van der Waals surface area (Å²) in [5.74, 6) is 2.78. The SMILES string of the molecule is COc1ccc(NC(N)=NCCCCSc2ccccc2Br)cc1OC.I. The number of nitrogens with zero attached hydrogens (tertiary/aromatic N) is 1. The van der Waals surface area contributed by atoms with E-state index < -0.39 is 0 Å². The molecule has 0 saturated heterocycles. The quantitative estimate of drug-likeness (QED) is 0.140. The summed E-state index contributed by atoms with van der Waals surface area (Å²) < 4.78 is 11.6.